The van der Waals surface area contributed by atoms with E-state index < -0.39 is 36.1 Å². The first kappa shape index (κ1) is 22.2. The minimum atomic E-state index is -4.59. The lowest BCUT2D eigenvalue weighted by atomic mass is 10.2. The van der Waals surface area contributed by atoms with E-state index in [0.717, 1.165) is 12.1 Å². The number of ether oxygens (including phenoxy) is 1. The summed E-state index contributed by atoms with van der Waals surface area (Å²) in [6.07, 6.45) is -5.30. The zero-order chi connectivity index (χ0) is 21.4. The molecule has 154 valence electrons. The second-order valence-electron chi connectivity index (χ2n) is 5.82. The number of esters is 1. The topological polar surface area (TPSA) is 84.5 Å². The lowest BCUT2D eigenvalue weighted by Crippen LogP contribution is -2.21. The van der Waals surface area contributed by atoms with E-state index in [1.54, 1.807) is 30.3 Å². The molecular formula is C19H16ClF3N2O4. The van der Waals surface area contributed by atoms with Gasteiger partial charge in [-0.05, 0) is 30.3 Å². The van der Waals surface area contributed by atoms with Gasteiger partial charge in [0, 0.05) is 12.1 Å². The molecule has 0 saturated heterocycles. The van der Waals surface area contributed by atoms with Crippen LogP contribution in [0.3, 0.4) is 0 Å². The highest BCUT2D eigenvalue weighted by molar-refractivity contribution is 6.33. The van der Waals surface area contributed by atoms with E-state index in [-0.39, 0.29) is 23.6 Å². The fourth-order valence-electron chi connectivity index (χ4n) is 2.16. The number of benzene rings is 2. The molecule has 10 heteroatoms. The first-order chi connectivity index (χ1) is 13.6. The molecule has 2 aromatic rings. The highest BCUT2D eigenvalue weighted by Crippen LogP contribution is 2.33. The van der Waals surface area contributed by atoms with Gasteiger partial charge in [-0.1, -0.05) is 29.8 Å². The van der Waals surface area contributed by atoms with Gasteiger partial charge in [-0.3, -0.25) is 14.4 Å². The van der Waals surface area contributed by atoms with Crippen LogP contribution in [0.5, 0.6) is 0 Å². The van der Waals surface area contributed by atoms with E-state index in [9.17, 15) is 27.6 Å². The number of alkyl halides is 3. The quantitative estimate of drug-likeness (QED) is 0.645. The SMILES string of the molecule is O=C(COC(=O)CCC(=O)Nc1cc(C(F)(F)F)ccc1Cl)Nc1ccccc1. The minimum absolute atomic E-state index is 0.0773. The molecule has 0 aliphatic carbocycles. The molecular weight excluding hydrogens is 413 g/mol. The molecule has 0 aliphatic rings. The molecule has 29 heavy (non-hydrogen) atoms. The van der Waals surface area contributed by atoms with E-state index >= 15 is 0 Å². The van der Waals surface area contributed by atoms with Crippen molar-refractivity contribution in [3.8, 4) is 0 Å². The van der Waals surface area contributed by atoms with Crippen molar-refractivity contribution in [3.05, 3.63) is 59.1 Å². The molecule has 2 rings (SSSR count). The minimum Gasteiger partial charge on any atom is -0.456 e. The molecule has 2 amide bonds. The van der Waals surface area contributed by atoms with Gasteiger partial charge in [0.2, 0.25) is 5.91 Å². The molecule has 2 N–H and O–H groups in total. The highest BCUT2D eigenvalue weighted by Gasteiger charge is 2.31. The maximum Gasteiger partial charge on any atom is 0.416 e. The summed E-state index contributed by atoms with van der Waals surface area (Å²) in [5, 5.41) is 4.66. The van der Waals surface area contributed by atoms with E-state index in [4.69, 9.17) is 16.3 Å². The fourth-order valence-corrected chi connectivity index (χ4v) is 2.33. The van der Waals surface area contributed by atoms with Crippen molar-refractivity contribution < 1.29 is 32.3 Å². The van der Waals surface area contributed by atoms with Gasteiger partial charge in [0.1, 0.15) is 0 Å². The first-order valence-corrected chi connectivity index (χ1v) is 8.70. The Morgan fingerprint density at radius 3 is 2.28 bits per heavy atom. The van der Waals surface area contributed by atoms with Crippen LogP contribution in [0.1, 0.15) is 18.4 Å². The number of halogens is 4. The van der Waals surface area contributed by atoms with Gasteiger partial charge in [0.15, 0.2) is 6.61 Å². The number of nitrogens with one attached hydrogen (secondary N) is 2. The summed E-state index contributed by atoms with van der Waals surface area (Å²) in [7, 11) is 0. The molecule has 0 unspecified atom stereocenters. The zero-order valence-electron chi connectivity index (χ0n) is 14.9. The van der Waals surface area contributed by atoms with Crippen LogP contribution in [-0.4, -0.2) is 24.4 Å². The molecule has 0 spiro atoms. The Hall–Kier alpha value is -3.07. The Bertz CT molecular complexity index is 889. The van der Waals surface area contributed by atoms with Gasteiger partial charge in [-0.25, -0.2) is 0 Å². The largest absolute Gasteiger partial charge is 0.456 e. The van der Waals surface area contributed by atoms with E-state index in [0.29, 0.717) is 11.8 Å². The molecule has 6 nitrogen and oxygen atoms in total. The molecule has 0 aliphatic heterocycles. The van der Waals surface area contributed by atoms with Gasteiger partial charge in [0.25, 0.3) is 5.91 Å². The van der Waals surface area contributed by atoms with Crippen LogP contribution in [0.15, 0.2) is 48.5 Å². The maximum atomic E-state index is 12.7. The number of rotatable bonds is 7. The lowest BCUT2D eigenvalue weighted by Gasteiger charge is -2.11. The number of amides is 2. The number of para-hydroxylation sites is 1. The predicted octanol–water partition coefficient (Wildman–Crippen LogP) is 4.26. The Labute approximate surface area is 169 Å². The Kier molecular flexibility index (Phi) is 7.60. The van der Waals surface area contributed by atoms with E-state index in [1.807, 2.05) is 0 Å². The molecule has 2 aromatic carbocycles. The van der Waals surface area contributed by atoms with Crippen LogP contribution in [-0.2, 0) is 25.3 Å². The number of hydrogen-bond donors (Lipinski definition) is 2. The van der Waals surface area contributed by atoms with Crippen LogP contribution >= 0.6 is 11.6 Å². The fraction of sp³-hybridized carbons (Fsp3) is 0.211. The standard InChI is InChI=1S/C19H16ClF3N2O4/c20-14-7-6-12(19(21,22)23)10-15(14)25-16(26)8-9-18(28)29-11-17(27)24-13-4-2-1-3-5-13/h1-7,10H,8-9,11H2,(H,24,27)(H,25,26). The smallest absolute Gasteiger partial charge is 0.416 e. The van der Waals surface area contributed by atoms with Gasteiger partial charge in [-0.15, -0.1) is 0 Å². The second kappa shape index (κ2) is 9.92. The van der Waals surface area contributed by atoms with Crippen LogP contribution < -0.4 is 10.6 Å². The summed E-state index contributed by atoms with van der Waals surface area (Å²) in [6.45, 7) is -0.533. The Morgan fingerprint density at radius 1 is 0.931 bits per heavy atom. The van der Waals surface area contributed by atoms with E-state index in [1.165, 1.54) is 0 Å². The average molecular weight is 429 g/mol. The molecule has 0 radical (unpaired) electrons. The molecule has 0 bridgehead atoms. The third kappa shape index (κ3) is 7.46. The molecule has 0 heterocycles. The highest BCUT2D eigenvalue weighted by atomic mass is 35.5. The van der Waals surface area contributed by atoms with Crippen molar-refractivity contribution in [3.63, 3.8) is 0 Å². The summed E-state index contributed by atoms with van der Waals surface area (Å²) in [6, 6.07) is 11.0. The third-order valence-corrected chi connectivity index (χ3v) is 3.88. The van der Waals surface area contributed by atoms with Crippen LogP contribution in [0.25, 0.3) is 0 Å². The van der Waals surface area contributed by atoms with Crippen molar-refractivity contribution in [1.29, 1.82) is 0 Å². The third-order valence-electron chi connectivity index (χ3n) is 3.55. The average Bonchev–Trinajstić information content (AvgIpc) is 2.66. The van der Waals surface area contributed by atoms with Crippen LogP contribution in [0.4, 0.5) is 24.5 Å². The number of hydrogen-bond acceptors (Lipinski definition) is 4. The molecule has 0 saturated carbocycles. The first-order valence-electron chi connectivity index (χ1n) is 8.32. The summed E-state index contributed by atoms with van der Waals surface area (Å²) < 4.78 is 42.9. The van der Waals surface area contributed by atoms with Crippen molar-refractivity contribution in [2.24, 2.45) is 0 Å². The van der Waals surface area contributed by atoms with Gasteiger partial charge in [0.05, 0.1) is 22.7 Å². The Balaban J connectivity index is 1.77. The number of carbonyl (C=O) groups excluding carboxylic acids is 3. The number of anilines is 2. The van der Waals surface area contributed by atoms with Crippen molar-refractivity contribution in [2.75, 3.05) is 17.2 Å². The lowest BCUT2D eigenvalue weighted by molar-refractivity contribution is -0.147. The summed E-state index contributed by atoms with van der Waals surface area (Å²) in [4.78, 5) is 35.2. The maximum absolute atomic E-state index is 12.7. The van der Waals surface area contributed by atoms with E-state index in [2.05, 4.69) is 10.6 Å². The normalized spacial score (nSPS) is 10.9. The number of carbonyl (C=O) groups is 3. The molecule has 0 atom stereocenters. The summed E-state index contributed by atoms with van der Waals surface area (Å²) in [5.41, 5.74) is -0.658. The van der Waals surface area contributed by atoms with Crippen molar-refractivity contribution in [1.82, 2.24) is 0 Å². The van der Waals surface area contributed by atoms with Crippen LogP contribution in [0.2, 0.25) is 5.02 Å². The summed E-state index contributed by atoms with van der Waals surface area (Å²) >= 11 is 5.79. The monoisotopic (exact) mass is 428 g/mol. The van der Waals surface area contributed by atoms with Gasteiger partial charge < -0.3 is 15.4 Å². The van der Waals surface area contributed by atoms with Crippen LogP contribution in [0, 0.1) is 0 Å². The predicted molar refractivity (Wildman–Crippen MR) is 100 cm³/mol. The summed E-state index contributed by atoms with van der Waals surface area (Å²) in [5.74, 6) is -2.08. The van der Waals surface area contributed by atoms with Crippen molar-refractivity contribution >= 4 is 40.8 Å². The van der Waals surface area contributed by atoms with Crippen molar-refractivity contribution in [2.45, 2.75) is 19.0 Å². The zero-order valence-corrected chi connectivity index (χ0v) is 15.6. The second-order valence-corrected chi connectivity index (χ2v) is 6.22. The molecule has 0 fully saturated rings. The Morgan fingerprint density at radius 2 is 1.62 bits per heavy atom. The van der Waals surface area contributed by atoms with Gasteiger partial charge >= 0.3 is 12.1 Å². The molecule has 0 aromatic heterocycles. The van der Waals surface area contributed by atoms with Gasteiger partial charge in [-0.2, -0.15) is 13.2 Å².